The van der Waals surface area contributed by atoms with Crippen LogP contribution in [0.5, 0.6) is 0 Å². The highest BCUT2D eigenvalue weighted by molar-refractivity contribution is 7.15. The van der Waals surface area contributed by atoms with Gasteiger partial charge in [-0.3, -0.25) is 0 Å². The van der Waals surface area contributed by atoms with Crippen LogP contribution in [0, 0.1) is 0 Å². The molecule has 108 valence electrons. The normalized spacial score (nSPS) is 11.8. The second-order valence-corrected chi connectivity index (χ2v) is 5.14. The molecule has 2 heterocycles. The number of thiazole rings is 1. The molecule has 2 aromatic rings. The Labute approximate surface area is 118 Å². The number of aromatic nitrogens is 3. The molecule has 0 bridgehead atoms. The lowest BCUT2D eigenvalue weighted by atomic mass is 10.3. The minimum atomic E-state index is -4.45. The summed E-state index contributed by atoms with van der Waals surface area (Å²) in [5.41, 5.74) is -0.433. The van der Waals surface area contributed by atoms with E-state index in [9.17, 15) is 13.2 Å². The number of hydrogen-bond acceptors (Lipinski definition) is 5. The van der Waals surface area contributed by atoms with Gasteiger partial charge in [0.15, 0.2) is 5.69 Å². The lowest BCUT2D eigenvalue weighted by Crippen LogP contribution is -2.17. The van der Waals surface area contributed by atoms with Crippen molar-refractivity contribution in [3.8, 4) is 10.7 Å². The van der Waals surface area contributed by atoms with Crippen LogP contribution in [0.2, 0.25) is 0 Å². The Morgan fingerprint density at radius 3 is 2.75 bits per heavy atom. The van der Waals surface area contributed by atoms with E-state index in [1.165, 1.54) is 12.5 Å². The van der Waals surface area contributed by atoms with E-state index in [1.807, 2.05) is 6.92 Å². The third-order valence-corrected chi connectivity index (χ3v) is 3.56. The zero-order chi connectivity index (χ0) is 14.6. The minimum absolute atomic E-state index is 0.158. The maximum atomic E-state index is 13.0. The summed E-state index contributed by atoms with van der Waals surface area (Å²) in [5.74, 6) is 0. The van der Waals surface area contributed by atoms with Crippen LogP contribution in [0.3, 0.4) is 0 Å². The van der Waals surface area contributed by atoms with E-state index in [0.717, 1.165) is 17.8 Å². The van der Waals surface area contributed by atoms with Gasteiger partial charge in [-0.15, -0.1) is 11.3 Å². The predicted octanol–water partition coefficient (Wildman–Crippen LogP) is 3.12. The largest absolute Gasteiger partial charge is 0.434 e. The van der Waals surface area contributed by atoms with Gasteiger partial charge in [0.25, 0.3) is 0 Å². The summed E-state index contributed by atoms with van der Waals surface area (Å²) in [5, 5.41) is 3.22. The van der Waals surface area contributed by atoms with E-state index in [0.29, 0.717) is 12.2 Å². The second kappa shape index (κ2) is 6.27. The van der Waals surface area contributed by atoms with Gasteiger partial charge in [-0.2, -0.15) is 13.2 Å². The fraction of sp³-hybridized carbons (Fsp3) is 0.417. The van der Waals surface area contributed by atoms with Gasteiger partial charge in [-0.05, 0) is 19.0 Å². The van der Waals surface area contributed by atoms with Crippen molar-refractivity contribution in [2.24, 2.45) is 0 Å². The van der Waals surface area contributed by atoms with Gasteiger partial charge in [-0.1, -0.05) is 6.92 Å². The Hall–Kier alpha value is -1.54. The molecule has 2 aromatic heterocycles. The standard InChI is InChI=1S/C12H13F3N4S/c1-2-4-16-6-9-10(12(13,14)15)19-11(20-9)8-3-5-17-7-18-8/h3,5,7,16H,2,4,6H2,1H3. The van der Waals surface area contributed by atoms with E-state index in [4.69, 9.17) is 0 Å². The van der Waals surface area contributed by atoms with E-state index < -0.39 is 11.9 Å². The third-order valence-electron chi connectivity index (χ3n) is 2.48. The SMILES string of the molecule is CCCNCc1sc(-c2ccncn2)nc1C(F)(F)F. The Balaban J connectivity index is 2.32. The monoisotopic (exact) mass is 302 g/mol. The van der Waals surface area contributed by atoms with Gasteiger partial charge < -0.3 is 5.32 Å². The van der Waals surface area contributed by atoms with Crippen LogP contribution >= 0.6 is 11.3 Å². The first-order valence-electron chi connectivity index (χ1n) is 6.06. The highest BCUT2D eigenvalue weighted by atomic mass is 32.1. The fourth-order valence-corrected chi connectivity index (χ4v) is 2.63. The summed E-state index contributed by atoms with van der Waals surface area (Å²) in [6, 6.07) is 1.54. The van der Waals surface area contributed by atoms with Crippen molar-refractivity contribution < 1.29 is 13.2 Å². The molecule has 1 N–H and O–H groups in total. The smallest absolute Gasteiger partial charge is 0.312 e. The van der Waals surface area contributed by atoms with Crippen LogP contribution in [-0.2, 0) is 12.7 Å². The van der Waals surface area contributed by atoms with Crippen molar-refractivity contribution in [1.82, 2.24) is 20.3 Å². The summed E-state index contributed by atoms with van der Waals surface area (Å²) >= 11 is 1.01. The average Bonchev–Trinajstić information content (AvgIpc) is 2.84. The van der Waals surface area contributed by atoms with Gasteiger partial charge in [0.2, 0.25) is 0 Å². The van der Waals surface area contributed by atoms with Gasteiger partial charge in [0.1, 0.15) is 17.0 Å². The van der Waals surface area contributed by atoms with Crippen molar-refractivity contribution >= 4 is 11.3 Å². The van der Waals surface area contributed by atoms with Gasteiger partial charge in [-0.25, -0.2) is 15.0 Å². The van der Waals surface area contributed by atoms with Crippen molar-refractivity contribution in [1.29, 1.82) is 0 Å². The zero-order valence-corrected chi connectivity index (χ0v) is 11.6. The molecule has 0 aromatic carbocycles. The first-order chi connectivity index (χ1) is 9.52. The number of rotatable bonds is 5. The number of nitrogens with zero attached hydrogens (tertiary/aromatic N) is 3. The molecule has 0 amide bonds. The molecule has 0 fully saturated rings. The average molecular weight is 302 g/mol. The molecule has 4 nitrogen and oxygen atoms in total. The summed E-state index contributed by atoms with van der Waals surface area (Å²) < 4.78 is 38.9. The molecule has 0 saturated carbocycles. The summed E-state index contributed by atoms with van der Waals surface area (Å²) in [6.45, 7) is 2.78. The quantitative estimate of drug-likeness (QED) is 0.862. The molecule has 0 aliphatic rings. The number of alkyl halides is 3. The Kier molecular flexibility index (Phi) is 4.66. The summed E-state index contributed by atoms with van der Waals surface area (Å²) in [6.07, 6.45) is -0.824. The Bertz CT molecular complexity index is 554. The number of halogens is 3. The van der Waals surface area contributed by atoms with Gasteiger partial charge in [0, 0.05) is 12.7 Å². The van der Waals surface area contributed by atoms with E-state index >= 15 is 0 Å². The Morgan fingerprint density at radius 1 is 1.35 bits per heavy atom. The maximum Gasteiger partial charge on any atom is 0.434 e. The van der Waals surface area contributed by atoms with Crippen LogP contribution in [0.1, 0.15) is 23.9 Å². The van der Waals surface area contributed by atoms with Crippen molar-refractivity contribution in [3.05, 3.63) is 29.2 Å². The van der Waals surface area contributed by atoms with E-state index in [1.54, 1.807) is 6.07 Å². The van der Waals surface area contributed by atoms with Gasteiger partial charge >= 0.3 is 6.18 Å². The first-order valence-corrected chi connectivity index (χ1v) is 6.88. The molecule has 0 aliphatic carbocycles. The van der Waals surface area contributed by atoms with Crippen LogP contribution < -0.4 is 5.32 Å². The number of hydrogen-bond donors (Lipinski definition) is 1. The molecule has 0 aliphatic heterocycles. The molecular weight excluding hydrogens is 289 g/mol. The van der Waals surface area contributed by atoms with Crippen molar-refractivity contribution in [2.45, 2.75) is 26.1 Å². The summed E-state index contributed by atoms with van der Waals surface area (Å²) in [4.78, 5) is 11.5. The molecule has 0 unspecified atom stereocenters. The zero-order valence-electron chi connectivity index (χ0n) is 10.7. The first kappa shape index (κ1) is 14.9. The van der Waals surface area contributed by atoms with E-state index in [2.05, 4.69) is 20.3 Å². The molecule has 20 heavy (non-hydrogen) atoms. The van der Waals surface area contributed by atoms with Crippen LogP contribution in [0.15, 0.2) is 18.6 Å². The molecule has 0 radical (unpaired) electrons. The third kappa shape index (κ3) is 3.51. The lowest BCUT2D eigenvalue weighted by Gasteiger charge is -2.06. The predicted molar refractivity (Wildman–Crippen MR) is 70.1 cm³/mol. The van der Waals surface area contributed by atoms with Crippen LogP contribution in [0.4, 0.5) is 13.2 Å². The molecule has 2 rings (SSSR count). The van der Waals surface area contributed by atoms with Crippen LogP contribution in [-0.4, -0.2) is 21.5 Å². The number of nitrogens with one attached hydrogen (secondary N) is 1. The highest BCUT2D eigenvalue weighted by Gasteiger charge is 2.37. The topological polar surface area (TPSA) is 50.7 Å². The lowest BCUT2D eigenvalue weighted by molar-refractivity contribution is -0.141. The summed E-state index contributed by atoms with van der Waals surface area (Å²) in [7, 11) is 0. The van der Waals surface area contributed by atoms with Gasteiger partial charge in [0.05, 0.1) is 4.88 Å². The molecule has 0 saturated heterocycles. The van der Waals surface area contributed by atoms with Crippen molar-refractivity contribution in [3.63, 3.8) is 0 Å². The molecular formula is C12H13F3N4S. The maximum absolute atomic E-state index is 13.0. The van der Waals surface area contributed by atoms with Crippen LogP contribution in [0.25, 0.3) is 10.7 Å². The fourth-order valence-electron chi connectivity index (χ4n) is 1.60. The molecule has 8 heteroatoms. The molecule has 0 atom stereocenters. The second-order valence-electron chi connectivity index (χ2n) is 4.06. The Morgan fingerprint density at radius 2 is 2.15 bits per heavy atom. The van der Waals surface area contributed by atoms with E-state index in [-0.39, 0.29) is 16.4 Å². The minimum Gasteiger partial charge on any atom is -0.312 e. The molecule has 0 spiro atoms. The van der Waals surface area contributed by atoms with Crippen molar-refractivity contribution in [2.75, 3.05) is 6.54 Å². The highest BCUT2D eigenvalue weighted by Crippen LogP contribution is 2.37.